The Kier molecular flexibility index (Phi) is 8.83. The van der Waals surface area contributed by atoms with Gasteiger partial charge in [0.15, 0.2) is 5.11 Å². The number of anilines is 2. The zero-order valence-corrected chi connectivity index (χ0v) is 24.8. The van der Waals surface area contributed by atoms with Crippen LogP contribution in [0.25, 0.3) is 0 Å². The summed E-state index contributed by atoms with van der Waals surface area (Å²) in [6, 6.07) is 14.3. The molecule has 0 spiro atoms. The molecule has 2 unspecified atom stereocenters. The molecule has 1 aromatic carbocycles. The molecule has 2 aliphatic heterocycles. The fourth-order valence-corrected chi connectivity index (χ4v) is 6.22. The number of carbonyl (C=O) groups excluding carboxylic acids is 1. The number of carbonyl (C=O) groups is 1. The maximum absolute atomic E-state index is 12.0. The third-order valence-electron chi connectivity index (χ3n) is 8.07. The van der Waals surface area contributed by atoms with Gasteiger partial charge >= 0.3 is 0 Å². The second kappa shape index (κ2) is 12.5. The third-order valence-corrected chi connectivity index (χ3v) is 8.39. The second-order valence-corrected chi connectivity index (χ2v) is 11.1. The first-order valence-corrected chi connectivity index (χ1v) is 14.7. The molecule has 5 rings (SSSR count). The van der Waals surface area contributed by atoms with Crippen LogP contribution in [0.15, 0.2) is 48.7 Å². The number of rotatable bonds is 9. The molecule has 0 aliphatic carbocycles. The Morgan fingerprint density at radius 2 is 1.93 bits per heavy atom. The molecule has 2 atom stereocenters. The van der Waals surface area contributed by atoms with Gasteiger partial charge in [0, 0.05) is 61.6 Å². The summed E-state index contributed by atoms with van der Waals surface area (Å²) in [6.07, 6.45) is 3.37. The first kappa shape index (κ1) is 28.3. The van der Waals surface area contributed by atoms with Crippen molar-refractivity contribution < 1.29 is 9.53 Å². The molecule has 4 heterocycles. The quantitative estimate of drug-likeness (QED) is 0.355. The zero-order valence-electron chi connectivity index (χ0n) is 23.9. The van der Waals surface area contributed by atoms with E-state index >= 15 is 0 Å². The van der Waals surface area contributed by atoms with E-state index in [9.17, 15) is 4.79 Å². The molecule has 0 bridgehead atoms. The van der Waals surface area contributed by atoms with Crippen LogP contribution in [0.5, 0.6) is 0 Å². The first-order chi connectivity index (χ1) is 19.4. The molecule has 2 saturated heterocycles. The highest BCUT2D eigenvalue weighted by atomic mass is 32.1. The van der Waals surface area contributed by atoms with Crippen LogP contribution in [-0.2, 0) is 16.1 Å². The number of pyridine rings is 1. The van der Waals surface area contributed by atoms with E-state index in [0.29, 0.717) is 11.5 Å². The summed E-state index contributed by atoms with van der Waals surface area (Å²) in [5.74, 6) is 0.00311. The van der Waals surface area contributed by atoms with Gasteiger partial charge < -0.3 is 24.8 Å². The Morgan fingerprint density at radius 1 is 1.12 bits per heavy atom. The van der Waals surface area contributed by atoms with Gasteiger partial charge in [-0.2, -0.15) is 0 Å². The highest BCUT2D eigenvalue weighted by Gasteiger charge is 2.42. The summed E-state index contributed by atoms with van der Waals surface area (Å²) in [5, 5.41) is 7.25. The van der Waals surface area contributed by atoms with Crippen LogP contribution < -0.4 is 15.5 Å². The SMILES string of the molecule is CCC(=O)Nc1ccc(N2C(=S)NC(c3ccccn3)C2c2cc(C)n(CCCN3CCOCC3)c2C)cc1C. The highest BCUT2D eigenvalue weighted by Crippen LogP contribution is 2.44. The van der Waals surface area contributed by atoms with Gasteiger partial charge in [0.25, 0.3) is 0 Å². The summed E-state index contributed by atoms with van der Waals surface area (Å²) in [5.41, 5.74) is 7.52. The van der Waals surface area contributed by atoms with Crippen LogP contribution in [-0.4, -0.2) is 58.3 Å². The minimum absolute atomic E-state index is 0.00311. The van der Waals surface area contributed by atoms with Crippen LogP contribution >= 0.6 is 12.2 Å². The number of benzene rings is 1. The molecule has 2 aliphatic rings. The summed E-state index contributed by atoms with van der Waals surface area (Å²) in [7, 11) is 0. The molecule has 8 nitrogen and oxygen atoms in total. The molecule has 212 valence electrons. The maximum atomic E-state index is 12.0. The Balaban J connectivity index is 1.47. The lowest BCUT2D eigenvalue weighted by atomic mass is 9.96. The van der Waals surface area contributed by atoms with Crippen molar-refractivity contribution in [3.05, 3.63) is 76.9 Å². The first-order valence-electron chi connectivity index (χ1n) is 14.2. The predicted molar refractivity (Wildman–Crippen MR) is 164 cm³/mol. The molecule has 3 aromatic rings. The Labute approximate surface area is 242 Å². The topological polar surface area (TPSA) is 74.7 Å². The van der Waals surface area contributed by atoms with Crippen molar-refractivity contribution in [2.45, 2.75) is 59.2 Å². The maximum Gasteiger partial charge on any atom is 0.224 e. The van der Waals surface area contributed by atoms with Crippen molar-refractivity contribution in [1.29, 1.82) is 0 Å². The van der Waals surface area contributed by atoms with Crippen molar-refractivity contribution in [1.82, 2.24) is 19.8 Å². The highest BCUT2D eigenvalue weighted by molar-refractivity contribution is 7.80. The van der Waals surface area contributed by atoms with Gasteiger partial charge in [0.1, 0.15) is 0 Å². The van der Waals surface area contributed by atoms with Gasteiger partial charge in [0.05, 0.1) is 31.0 Å². The third kappa shape index (κ3) is 5.92. The average molecular weight is 561 g/mol. The minimum atomic E-state index is -0.101. The van der Waals surface area contributed by atoms with E-state index in [-0.39, 0.29) is 18.0 Å². The fourth-order valence-electron chi connectivity index (χ4n) is 5.87. The van der Waals surface area contributed by atoms with E-state index in [4.69, 9.17) is 21.9 Å². The number of ether oxygens (including phenoxy) is 1. The van der Waals surface area contributed by atoms with Crippen molar-refractivity contribution in [2.24, 2.45) is 0 Å². The number of thiocarbonyl (C=S) groups is 1. The monoisotopic (exact) mass is 560 g/mol. The number of amides is 1. The number of hydrogen-bond donors (Lipinski definition) is 2. The van der Waals surface area contributed by atoms with Gasteiger partial charge in [-0.25, -0.2) is 0 Å². The molecule has 9 heteroatoms. The molecule has 2 fully saturated rings. The second-order valence-electron chi connectivity index (χ2n) is 10.7. The van der Waals surface area contributed by atoms with Crippen LogP contribution in [0.2, 0.25) is 0 Å². The number of nitrogens with one attached hydrogen (secondary N) is 2. The largest absolute Gasteiger partial charge is 0.379 e. The van der Waals surface area contributed by atoms with Crippen LogP contribution in [0.1, 0.15) is 60.1 Å². The summed E-state index contributed by atoms with van der Waals surface area (Å²) >= 11 is 5.96. The number of hydrogen-bond acceptors (Lipinski definition) is 5. The lowest BCUT2D eigenvalue weighted by molar-refractivity contribution is -0.115. The van der Waals surface area contributed by atoms with Gasteiger partial charge in [-0.1, -0.05) is 13.0 Å². The van der Waals surface area contributed by atoms with E-state index < -0.39 is 0 Å². The molecule has 0 saturated carbocycles. The van der Waals surface area contributed by atoms with Crippen molar-refractivity contribution in [2.75, 3.05) is 43.1 Å². The van der Waals surface area contributed by atoms with Crippen molar-refractivity contribution >= 4 is 34.6 Å². The van der Waals surface area contributed by atoms with Crippen molar-refractivity contribution in [3.63, 3.8) is 0 Å². The number of aromatic nitrogens is 2. The Bertz CT molecular complexity index is 1350. The van der Waals surface area contributed by atoms with Crippen LogP contribution in [0.3, 0.4) is 0 Å². The summed E-state index contributed by atoms with van der Waals surface area (Å²) < 4.78 is 7.95. The molecule has 2 aromatic heterocycles. The summed E-state index contributed by atoms with van der Waals surface area (Å²) in [4.78, 5) is 21.5. The molecule has 2 N–H and O–H groups in total. The normalized spacial score (nSPS) is 19.6. The van der Waals surface area contributed by atoms with E-state index in [1.54, 1.807) is 0 Å². The molecule has 40 heavy (non-hydrogen) atoms. The zero-order chi connectivity index (χ0) is 28.2. The molecule has 1 amide bonds. The predicted octanol–water partition coefficient (Wildman–Crippen LogP) is 5.06. The van der Waals surface area contributed by atoms with Crippen molar-refractivity contribution in [3.8, 4) is 0 Å². The number of nitrogens with zero attached hydrogens (tertiary/aromatic N) is 4. The molecular weight excluding hydrogens is 520 g/mol. The lowest BCUT2D eigenvalue weighted by Gasteiger charge is -2.29. The Morgan fingerprint density at radius 3 is 2.62 bits per heavy atom. The van der Waals surface area contributed by atoms with E-state index in [1.165, 1.54) is 17.0 Å². The van der Waals surface area contributed by atoms with E-state index in [2.05, 4.69) is 57.0 Å². The molecule has 0 radical (unpaired) electrons. The fraction of sp³-hybridized carbons (Fsp3) is 0.452. The standard InChI is InChI=1S/C31H40N6O2S/c1-5-28(38)33-26-11-10-24(19-21(26)2)37-30(29(34-31(37)40)27-9-6-7-12-32-27)25-20-22(3)36(23(25)4)14-8-13-35-15-17-39-18-16-35/h6-7,9-12,19-20,29-30H,5,8,13-18H2,1-4H3,(H,33,38)(H,34,40). The van der Waals surface area contributed by atoms with Crippen LogP contribution in [0, 0.1) is 20.8 Å². The van der Waals surface area contributed by atoms with Gasteiger partial charge in [0.2, 0.25) is 5.91 Å². The van der Waals surface area contributed by atoms with Gasteiger partial charge in [-0.15, -0.1) is 0 Å². The lowest BCUT2D eigenvalue weighted by Crippen LogP contribution is -2.37. The summed E-state index contributed by atoms with van der Waals surface area (Å²) in [6.45, 7) is 14.0. The van der Waals surface area contributed by atoms with Gasteiger partial charge in [-0.05, 0) is 86.9 Å². The van der Waals surface area contributed by atoms with Crippen LogP contribution in [0.4, 0.5) is 11.4 Å². The molecular formula is C31H40N6O2S. The average Bonchev–Trinajstić information content (AvgIpc) is 3.45. The van der Waals surface area contributed by atoms with E-state index in [1.807, 2.05) is 44.3 Å². The van der Waals surface area contributed by atoms with E-state index in [0.717, 1.165) is 68.4 Å². The number of aryl methyl sites for hydroxylation is 2. The van der Waals surface area contributed by atoms with Gasteiger partial charge in [-0.3, -0.25) is 14.7 Å². The smallest absolute Gasteiger partial charge is 0.224 e. The Hall–Kier alpha value is -3.27. The number of morpholine rings is 1. The minimum Gasteiger partial charge on any atom is -0.379 e.